The first-order valence-corrected chi connectivity index (χ1v) is 6.36. The predicted octanol–water partition coefficient (Wildman–Crippen LogP) is 2.74. The van der Waals surface area contributed by atoms with Gasteiger partial charge in [-0.2, -0.15) is 0 Å². The summed E-state index contributed by atoms with van der Waals surface area (Å²) >= 11 is 0. The largest absolute Gasteiger partial charge is 0.309 e. The Balaban J connectivity index is 2.30. The molecule has 0 aliphatic heterocycles. The SMILES string of the molecule is CCCc1cccc(C(NC)c2cncnc2)c1. The van der Waals surface area contributed by atoms with Crippen molar-refractivity contribution in [3.05, 3.63) is 59.7 Å². The zero-order valence-electron chi connectivity index (χ0n) is 10.9. The van der Waals surface area contributed by atoms with Gasteiger partial charge >= 0.3 is 0 Å². The number of aromatic nitrogens is 2. The van der Waals surface area contributed by atoms with E-state index in [1.807, 2.05) is 19.4 Å². The van der Waals surface area contributed by atoms with Gasteiger partial charge in [0.1, 0.15) is 6.33 Å². The Bertz CT molecular complexity index is 482. The zero-order valence-corrected chi connectivity index (χ0v) is 10.9. The molecule has 1 aromatic heterocycles. The van der Waals surface area contributed by atoms with Crippen LogP contribution in [-0.2, 0) is 6.42 Å². The highest BCUT2D eigenvalue weighted by Crippen LogP contribution is 2.21. The highest BCUT2D eigenvalue weighted by molar-refractivity contribution is 5.32. The molecule has 0 saturated heterocycles. The molecule has 1 heterocycles. The van der Waals surface area contributed by atoms with Gasteiger partial charge in [-0.15, -0.1) is 0 Å². The Morgan fingerprint density at radius 2 is 1.94 bits per heavy atom. The quantitative estimate of drug-likeness (QED) is 0.874. The minimum Gasteiger partial charge on any atom is -0.309 e. The Hall–Kier alpha value is -1.74. The van der Waals surface area contributed by atoms with Crippen LogP contribution in [0.5, 0.6) is 0 Å². The fraction of sp³-hybridized carbons (Fsp3) is 0.333. The van der Waals surface area contributed by atoms with Crippen LogP contribution in [0.25, 0.3) is 0 Å². The minimum absolute atomic E-state index is 0.156. The summed E-state index contributed by atoms with van der Waals surface area (Å²) in [6.45, 7) is 2.20. The molecule has 0 aliphatic carbocycles. The summed E-state index contributed by atoms with van der Waals surface area (Å²) in [6.07, 6.45) is 7.57. The molecule has 2 aromatic rings. The summed E-state index contributed by atoms with van der Waals surface area (Å²) in [7, 11) is 1.96. The lowest BCUT2D eigenvalue weighted by Gasteiger charge is -2.17. The first-order chi connectivity index (χ1) is 8.85. The number of aryl methyl sites for hydroxylation is 1. The number of benzene rings is 1. The molecule has 0 aliphatic rings. The number of rotatable bonds is 5. The lowest BCUT2D eigenvalue weighted by atomic mass is 9.98. The molecular formula is C15H19N3. The molecule has 0 saturated carbocycles. The van der Waals surface area contributed by atoms with Crippen molar-refractivity contribution in [2.75, 3.05) is 7.05 Å². The summed E-state index contributed by atoms with van der Waals surface area (Å²) in [4.78, 5) is 8.17. The molecule has 2 rings (SSSR count). The first-order valence-electron chi connectivity index (χ1n) is 6.36. The van der Waals surface area contributed by atoms with Gasteiger partial charge in [0.25, 0.3) is 0 Å². The summed E-state index contributed by atoms with van der Waals surface area (Å²) in [5.41, 5.74) is 3.74. The lowest BCUT2D eigenvalue weighted by molar-refractivity contribution is 0.683. The standard InChI is InChI=1S/C15H19N3/c1-3-5-12-6-4-7-13(8-12)15(16-2)14-9-17-11-18-10-14/h4,6-11,15-16H,3,5H2,1-2H3. The average molecular weight is 241 g/mol. The van der Waals surface area contributed by atoms with Crippen molar-refractivity contribution < 1.29 is 0 Å². The van der Waals surface area contributed by atoms with Crippen molar-refractivity contribution in [3.63, 3.8) is 0 Å². The Labute approximate surface area is 108 Å². The molecule has 1 N–H and O–H groups in total. The molecule has 1 aromatic carbocycles. The smallest absolute Gasteiger partial charge is 0.115 e. The highest BCUT2D eigenvalue weighted by Gasteiger charge is 2.12. The molecule has 0 amide bonds. The third kappa shape index (κ3) is 2.93. The third-order valence-corrected chi connectivity index (χ3v) is 3.03. The van der Waals surface area contributed by atoms with Crippen molar-refractivity contribution in [2.45, 2.75) is 25.8 Å². The monoisotopic (exact) mass is 241 g/mol. The predicted molar refractivity (Wildman–Crippen MR) is 73.4 cm³/mol. The third-order valence-electron chi connectivity index (χ3n) is 3.03. The van der Waals surface area contributed by atoms with Gasteiger partial charge < -0.3 is 5.32 Å². The van der Waals surface area contributed by atoms with Crippen LogP contribution >= 0.6 is 0 Å². The average Bonchev–Trinajstić information content (AvgIpc) is 2.42. The van der Waals surface area contributed by atoms with Gasteiger partial charge in [0.15, 0.2) is 0 Å². The van der Waals surface area contributed by atoms with Gasteiger partial charge in [-0.05, 0) is 24.6 Å². The van der Waals surface area contributed by atoms with Crippen molar-refractivity contribution in [2.24, 2.45) is 0 Å². The van der Waals surface area contributed by atoms with Crippen LogP contribution < -0.4 is 5.32 Å². The van der Waals surface area contributed by atoms with E-state index in [0.29, 0.717) is 0 Å². The fourth-order valence-corrected chi connectivity index (χ4v) is 2.20. The summed E-state index contributed by atoms with van der Waals surface area (Å²) in [6, 6.07) is 8.86. The van der Waals surface area contributed by atoms with Crippen molar-refractivity contribution in [3.8, 4) is 0 Å². The second-order valence-electron chi connectivity index (χ2n) is 4.39. The van der Waals surface area contributed by atoms with Gasteiger partial charge in [0.05, 0.1) is 6.04 Å². The van der Waals surface area contributed by atoms with E-state index in [4.69, 9.17) is 0 Å². The van der Waals surface area contributed by atoms with Gasteiger partial charge in [0.2, 0.25) is 0 Å². The minimum atomic E-state index is 0.156. The number of nitrogens with one attached hydrogen (secondary N) is 1. The molecule has 0 fully saturated rings. The molecule has 1 atom stereocenters. The number of hydrogen-bond acceptors (Lipinski definition) is 3. The van der Waals surface area contributed by atoms with E-state index in [2.05, 4.69) is 46.5 Å². The van der Waals surface area contributed by atoms with Crippen LogP contribution in [0.4, 0.5) is 0 Å². The van der Waals surface area contributed by atoms with Crippen molar-refractivity contribution in [1.82, 2.24) is 15.3 Å². The summed E-state index contributed by atoms with van der Waals surface area (Å²) in [5.74, 6) is 0. The van der Waals surface area contributed by atoms with E-state index in [1.165, 1.54) is 17.5 Å². The lowest BCUT2D eigenvalue weighted by Crippen LogP contribution is -2.18. The maximum atomic E-state index is 4.09. The zero-order chi connectivity index (χ0) is 12.8. The van der Waals surface area contributed by atoms with Crippen molar-refractivity contribution in [1.29, 1.82) is 0 Å². The summed E-state index contributed by atoms with van der Waals surface area (Å²) < 4.78 is 0. The molecule has 0 bridgehead atoms. The van der Waals surface area contributed by atoms with Gasteiger partial charge in [-0.3, -0.25) is 0 Å². The van der Waals surface area contributed by atoms with E-state index in [9.17, 15) is 0 Å². The molecule has 18 heavy (non-hydrogen) atoms. The molecule has 1 unspecified atom stereocenters. The van der Waals surface area contributed by atoms with E-state index < -0.39 is 0 Å². The Morgan fingerprint density at radius 3 is 2.61 bits per heavy atom. The second-order valence-corrected chi connectivity index (χ2v) is 4.39. The number of hydrogen-bond donors (Lipinski definition) is 1. The first kappa shape index (κ1) is 12.7. The van der Waals surface area contributed by atoms with Crippen LogP contribution in [0.2, 0.25) is 0 Å². The normalized spacial score (nSPS) is 12.3. The molecule has 0 spiro atoms. The van der Waals surface area contributed by atoms with Gasteiger partial charge in [0, 0.05) is 18.0 Å². The molecule has 3 heteroatoms. The maximum Gasteiger partial charge on any atom is 0.115 e. The molecule has 94 valence electrons. The fourth-order valence-electron chi connectivity index (χ4n) is 2.20. The van der Waals surface area contributed by atoms with Crippen molar-refractivity contribution >= 4 is 0 Å². The Morgan fingerprint density at radius 1 is 1.17 bits per heavy atom. The van der Waals surface area contributed by atoms with E-state index in [-0.39, 0.29) is 6.04 Å². The molecule has 0 radical (unpaired) electrons. The molecular weight excluding hydrogens is 222 g/mol. The van der Waals surface area contributed by atoms with Crippen LogP contribution in [-0.4, -0.2) is 17.0 Å². The van der Waals surface area contributed by atoms with E-state index >= 15 is 0 Å². The maximum absolute atomic E-state index is 4.09. The summed E-state index contributed by atoms with van der Waals surface area (Å²) in [5, 5.41) is 3.32. The number of nitrogens with zero attached hydrogens (tertiary/aromatic N) is 2. The van der Waals surface area contributed by atoms with Crippen LogP contribution in [0.3, 0.4) is 0 Å². The van der Waals surface area contributed by atoms with Gasteiger partial charge in [-0.1, -0.05) is 37.6 Å². The van der Waals surface area contributed by atoms with E-state index in [0.717, 1.165) is 12.0 Å². The van der Waals surface area contributed by atoms with Crippen LogP contribution in [0.15, 0.2) is 43.0 Å². The molecule has 3 nitrogen and oxygen atoms in total. The van der Waals surface area contributed by atoms with Crippen LogP contribution in [0, 0.1) is 0 Å². The van der Waals surface area contributed by atoms with Gasteiger partial charge in [-0.25, -0.2) is 9.97 Å². The van der Waals surface area contributed by atoms with E-state index in [1.54, 1.807) is 6.33 Å². The van der Waals surface area contributed by atoms with Crippen LogP contribution in [0.1, 0.15) is 36.1 Å². The highest BCUT2D eigenvalue weighted by atomic mass is 14.9. The topological polar surface area (TPSA) is 37.8 Å². The second kappa shape index (κ2) is 6.26. The Kier molecular flexibility index (Phi) is 4.42.